The summed E-state index contributed by atoms with van der Waals surface area (Å²) in [5.41, 5.74) is 6.23. The third-order valence-electron chi connectivity index (χ3n) is 3.34. The van der Waals surface area contributed by atoms with Crippen LogP contribution in [0.2, 0.25) is 5.02 Å². The van der Waals surface area contributed by atoms with Crippen molar-refractivity contribution in [3.63, 3.8) is 0 Å². The molecule has 0 saturated heterocycles. The number of hydrogen-bond acceptors (Lipinski definition) is 4. The Morgan fingerprint density at radius 2 is 2.00 bits per heavy atom. The van der Waals surface area contributed by atoms with Gasteiger partial charge in [-0.1, -0.05) is 11.6 Å². The highest BCUT2D eigenvalue weighted by atomic mass is 35.5. The molecule has 0 bridgehead atoms. The van der Waals surface area contributed by atoms with Gasteiger partial charge in [-0.2, -0.15) is 0 Å². The fourth-order valence-electron chi connectivity index (χ4n) is 2.22. The van der Waals surface area contributed by atoms with Crippen LogP contribution in [0.5, 0.6) is 17.2 Å². The number of benzene rings is 1. The summed E-state index contributed by atoms with van der Waals surface area (Å²) in [5.74, 6) is 0.949. The maximum Gasteiger partial charge on any atom is 0.169 e. The average molecular weight is 258 g/mol. The van der Waals surface area contributed by atoms with Gasteiger partial charge in [-0.25, -0.2) is 0 Å². The van der Waals surface area contributed by atoms with Crippen LogP contribution in [-0.2, 0) is 5.54 Å². The number of halogens is 1. The van der Waals surface area contributed by atoms with E-state index in [0.717, 1.165) is 19.3 Å². The monoisotopic (exact) mass is 257 g/mol. The molecule has 0 aromatic heterocycles. The van der Waals surface area contributed by atoms with Crippen LogP contribution in [0.15, 0.2) is 6.07 Å². The molecule has 1 aliphatic carbocycles. The van der Waals surface area contributed by atoms with E-state index >= 15 is 0 Å². The third-order valence-corrected chi connectivity index (χ3v) is 3.63. The Morgan fingerprint density at radius 3 is 2.41 bits per heavy atom. The number of ether oxygens (including phenoxy) is 2. The predicted molar refractivity (Wildman–Crippen MR) is 65.9 cm³/mol. The molecule has 3 N–H and O–H groups in total. The average Bonchev–Trinajstić information content (AvgIpc) is 2.28. The molecule has 17 heavy (non-hydrogen) atoms. The number of phenols is 1. The summed E-state index contributed by atoms with van der Waals surface area (Å²) < 4.78 is 10.5. The van der Waals surface area contributed by atoms with E-state index < -0.39 is 5.54 Å². The fraction of sp³-hybridized carbons (Fsp3) is 0.500. The molecule has 0 aliphatic heterocycles. The van der Waals surface area contributed by atoms with Gasteiger partial charge in [0.15, 0.2) is 11.5 Å². The van der Waals surface area contributed by atoms with E-state index in [9.17, 15) is 5.11 Å². The van der Waals surface area contributed by atoms with Crippen molar-refractivity contribution >= 4 is 11.6 Å². The lowest BCUT2D eigenvalue weighted by atomic mass is 9.72. The molecule has 2 rings (SSSR count). The molecular weight excluding hydrogens is 242 g/mol. The van der Waals surface area contributed by atoms with Gasteiger partial charge in [0.25, 0.3) is 0 Å². The van der Waals surface area contributed by atoms with Gasteiger partial charge in [-0.05, 0) is 19.3 Å². The summed E-state index contributed by atoms with van der Waals surface area (Å²) in [4.78, 5) is 0. The molecule has 0 atom stereocenters. The summed E-state index contributed by atoms with van der Waals surface area (Å²) >= 11 is 5.97. The zero-order valence-electron chi connectivity index (χ0n) is 9.92. The highest BCUT2D eigenvalue weighted by molar-refractivity contribution is 6.32. The van der Waals surface area contributed by atoms with E-state index in [4.69, 9.17) is 26.8 Å². The van der Waals surface area contributed by atoms with E-state index in [-0.39, 0.29) is 10.8 Å². The van der Waals surface area contributed by atoms with E-state index in [1.165, 1.54) is 20.3 Å². The number of methoxy groups -OCH3 is 2. The number of rotatable bonds is 3. The van der Waals surface area contributed by atoms with E-state index in [1.807, 2.05) is 0 Å². The van der Waals surface area contributed by atoms with Crippen molar-refractivity contribution in [1.29, 1.82) is 0 Å². The molecule has 1 aromatic carbocycles. The minimum atomic E-state index is -0.562. The van der Waals surface area contributed by atoms with Crippen LogP contribution < -0.4 is 15.2 Å². The van der Waals surface area contributed by atoms with Crippen molar-refractivity contribution in [3.8, 4) is 17.2 Å². The molecule has 0 radical (unpaired) electrons. The molecule has 0 unspecified atom stereocenters. The lowest BCUT2D eigenvalue weighted by molar-refractivity contribution is 0.232. The molecule has 1 aliphatic rings. The number of hydrogen-bond donors (Lipinski definition) is 2. The Kier molecular flexibility index (Phi) is 3.10. The molecule has 4 nitrogen and oxygen atoms in total. The quantitative estimate of drug-likeness (QED) is 0.873. The van der Waals surface area contributed by atoms with Crippen molar-refractivity contribution in [3.05, 3.63) is 16.7 Å². The maximum absolute atomic E-state index is 10.1. The zero-order chi connectivity index (χ0) is 12.6. The highest BCUT2D eigenvalue weighted by Crippen LogP contribution is 2.52. The van der Waals surface area contributed by atoms with Gasteiger partial charge < -0.3 is 20.3 Å². The lowest BCUT2D eigenvalue weighted by Gasteiger charge is -2.40. The van der Waals surface area contributed by atoms with Crippen LogP contribution >= 0.6 is 11.6 Å². The van der Waals surface area contributed by atoms with Crippen molar-refractivity contribution < 1.29 is 14.6 Å². The second-order valence-electron chi connectivity index (χ2n) is 4.33. The predicted octanol–water partition coefficient (Wildman–Crippen LogP) is 2.40. The zero-order valence-corrected chi connectivity index (χ0v) is 10.7. The van der Waals surface area contributed by atoms with Gasteiger partial charge in [0.1, 0.15) is 5.75 Å². The van der Waals surface area contributed by atoms with Crippen molar-refractivity contribution in [2.45, 2.75) is 24.8 Å². The Labute approximate surface area is 105 Å². The number of phenolic OH excluding ortho intramolecular Hbond substituents is 1. The van der Waals surface area contributed by atoms with Gasteiger partial charge >= 0.3 is 0 Å². The van der Waals surface area contributed by atoms with Gasteiger partial charge in [0, 0.05) is 11.6 Å². The number of aromatic hydroxyl groups is 1. The van der Waals surface area contributed by atoms with Crippen molar-refractivity contribution in [2.75, 3.05) is 14.2 Å². The molecular formula is C12H16ClNO3. The van der Waals surface area contributed by atoms with Gasteiger partial charge in [0.2, 0.25) is 0 Å². The van der Waals surface area contributed by atoms with E-state index in [2.05, 4.69) is 0 Å². The Hall–Kier alpha value is -1.13. The first kappa shape index (κ1) is 12.3. The molecule has 1 fully saturated rings. The van der Waals surface area contributed by atoms with Gasteiger partial charge in [0.05, 0.1) is 24.8 Å². The first-order chi connectivity index (χ1) is 8.03. The van der Waals surface area contributed by atoms with Crippen LogP contribution in [0.4, 0.5) is 0 Å². The first-order valence-corrected chi connectivity index (χ1v) is 5.84. The molecule has 0 heterocycles. The van der Waals surface area contributed by atoms with Crippen LogP contribution in [-0.4, -0.2) is 19.3 Å². The van der Waals surface area contributed by atoms with Crippen LogP contribution in [0.3, 0.4) is 0 Å². The second kappa shape index (κ2) is 4.27. The van der Waals surface area contributed by atoms with E-state index in [1.54, 1.807) is 0 Å². The van der Waals surface area contributed by atoms with Crippen LogP contribution in [0.1, 0.15) is 24.8 Å². The van der Waals surface area contributed by atoms with Crippen LogP contribution in [0, 0.1) is 0 Å². The molecule has 5 heteroatoms. The van der Waals surface area contributed by atoms with Crippen molar-refractivity contribution in [2.24, 2.45) is 5.73 Å². The first-order valence-electron chi connectivity index (χ1n) is 5.46. The van der Waals surface area contributed by atoms with Crippen molar-refractivity contribution in [1.82, 2.24) is 0 Å². The minimum absolute atomic E-state index is 0.00785. The van der Waals surface area contributed by atoms with Crippen LogP contribution in [0.25, 0.3) is 0 Å². The summed E-state index contributed by atoms with van der Waals surface area (Å²) in [6.07, 6.45) is 2.65. The Bertz CT molecular complexity index is 444. The van der Waals surface area contributed by atoms with Gasteiger partial charge in [-0.15, -0.1) is 0 Å². The number of nitrogens with two attached hydrogens (primary N) is 1. The molecule has 94 valence electrons. The highest BCUT2D eigenvalue weighted by Gasteiger charge is 2.41. The SMILES string of the molecule is COc1cc(Cl)c(O)c(C2(N)CCC2)c1OC. The molecule has 0 spiro atoms. The summed E-state index contributed by atoms with van der Waals surface area (Å²) in [6, 6.07) is 1.53. The molecule has 1 aromatic rings. The minimum Gasteiger partial charge on any atom is -0.506 e. The normalized spacial score (nSPS) is 17.4. The largest absolute Gasteiger partial charge is 0.506 e. The smallest absolute Gasteiger partial charge is 0.169 e. The topological polar surface area (TPSA) is 64.7 Å². The molecule has 0 amide bonds. The fourth-order valence-corrected chi connectivity index (χ4v) is 2.42. The summed E-state index contributed by atoms with van der Waals surface area (Å²) in [7, 11) is 3.05. The second-order valence-corrected chi connectivity index (χ2v) is 4.73. The third kappa shape index (κ3) is 1.81. The Morgan fingerprint density at radius 1 is 1.35 bits per heavy atom. The molecule has 1 saturated carbocycles. The standard InChI is InChI=1S/C12H16ClNO3/c1-16-8-6-7(13)10(15)9(11(8)17-2)12(14)4-3-5-12/h6,15H,3-5,14H2,1-2H3. The lowest BCUT2D eigenvalue weighted by Crippen LogP contribution is -2.43. The Balaban J connectivity index is 2.65. The van der Waals surface area contributed by atoms with E-state index in [0.29, 0.717) is 17.1 Å². The maximum atomic E-state index is 10.1. The summed E-state index contributed by atoms with van der Waals surface area (Å²) in [6.45, 7) is 0. The summed E-state index contributed by atoms with van der Waals surface area (Å²) in [5, 5.41) is 10.3. The van der Waals surface area contributed by atoms with Gasteiger partial charge in [-0.3, -0.25) is 0 Å².